The van der Waals surface area contributed by atoms with Crippen molar-refractivity contribution in [3.63, 3.8) is 0 Å². The summed E-state index contributed by atoms with van der Waals surface area (Å²) in [4.78, 5) is -1.30. The zero-order chi connectivity index (χ0) is 14.5. The third-order valence-electron chi connectivity index (χ3n) is 2.40. The molecule has 1 aromatic rings. The Labute approximate surface area is 107 Å². The van der Waals surface area contributed by atoms with Crippen molar-refractivity contribution in [1.29, 1.82) is 5.41 Å². The summed E-state index contributed by atoms with van der Waals surface area (Å²) in [6.07, 6.45) is 0. The predicted molar refractivity (Wildman–Crippen MR) is 61.7 cm³/mol. The van der Waals surface area contributed by atoms with Gasteiger partial charge in [-0.25, -0.2) is 0 Å². The molecule has 0 fully saturated rings. The standard InChI is InChI=1S/C9H11N5O5/c1-19-8(10)9(13(17)11-15,14(18)12-16)7-5-3-2-4-6-7/h2-6,10,15-16H,1H3/p-2/b10-8?,13-11-,14-12-. The molecule has 1 N–H and O–H groups in total. The first kappa shape index (κ1) is 14.2. The SMILES string of the molecule is COC(=N)C(c1ccccc1)(/[N+]([O-])=N/[O-])/[N+]([O-])=N/[O-]. The van der Waals surface area contributed by atoms with Crippen LogP contribution >= 0.6 is 0 Å². The number of benzene rings is 1. The molecule has 0 amide bonds. The van der Waals surface area contributed by atoms with Crippen molar-refractivity contribution in [2.45, 2.75) is 5.66 Å². The van der Waals surface area contributed by atoms with E-state index >= 15 is 0 Å². The zero-order valence-corrected chi connectivity index (χ0v) is 9.72. The first-order valence-corrected chi connectivity index (χ1v) is 4.85. The van der Waals surface area contributed by atoms with Gasteiger partial charge in [0.15, 0.2) is 0 Å². The molecule has 19 heavy (non-hydrogen) atoms. The number of ether oxygens (including phenoxy) is 1. The summed E-state index contributed by atoms with van der Waals surface area (Å²) in [5, 5.41) is 55.8. The summed E-state index contributed by atoms with van der Waals surface area (Å²) in [7, 11) is 0.997. The Hall–Kier alpha value is -2.91. The van der Waals surface area contributed by atoms with Gasteiger partial charge in [-0.2, -0.15) is 0 Å². The Morgan fingerprint density at radius 1 is 1.16 bits per heavy atom. The molecule has 0 heterocycles. The van der Waals surface area contributed by atoms with Crippen LogP contribution in [-0.4, -0.2) is 22.7 Å². The fourth-order valence-electron chi connectivity index (χ4n) is 1.53. The summed E-state index contributed by atoms with van der Waals surface area (Å²) in [5.74, 6) is -0.970. The first-order valence-electron chi connectivity index (χ1n) is 4.85. The minimum Gasteiger partial charge on any atom is -0.739 e. The minimum absolute atomic E-state index is 0.161. The molecule has 0 aliphatic rings. The fourth-order valence-corrected chi connectivity index (χ4v) is 1.53. The third-order valence-corrected chi connectivity index (χ3v) is 2.40. The highest BCUT2D eigenvalue weighted by Gasteiger charge is 2.60. The molecule has 10 nitrogen and oxygen atoms in total. The zero-order valence-electron chi connectivity index (χ0n) is 9.72. The van der Waals surface area contributed by atoms with Crippen LogP contribution in [0.4, 0.5) is 0 Å². The van der Waals surface area contributed by atoms with Gasteiger partial charge < -0.3 is 25.6 Å². The van der Waals surface area contributed by atoms with Gasteiger partial charge in [0.1, 0.15) is 5.56 Å². The van der Waals surface area contributed by atoms with E-state index < -0.39 is 21.3 Å². The second kappa shape index (κ2) is 5.62. The van der Waals surface area contributed by atoms with E-state index in [1.165, 1.54) is 24.3 Å². The molecule has 0 aromatic heterocycles. The molecule has 102 valence electrons. The van der Waals surface area contributed by atoms with Crippen molar-refractivity contribution < 1.29 is 14.5 Å². The van der Waals surface area contributed by atoms with Gasteiger partial charge >= 0.3 is 11.6 Å². The van der Waals surface area contributed by atoms with Crippen LogP contribution < -0.4 is 0 Å². The maximum absolute atomic E-state index is 11.6. The third kappa shape index (κ3) is 2.10. The molecule has 10 heteroatoms. The highest BCUT2D eigenvalue weighted by molar-refractivity contribution is 5.81. The van der Waals surface area contributed by atoms with Gasteiger partial charge in [-0.05, 0) is 32.4 Å². The summed E-state index contributed by atoms with van der Waals surface area (Å²) in [6.45, 7) is 0. The van der Waals surface area contributed by atoms with Crippen LogP contribution in [0.5, 0.6) is 0 Å². The van der Waals surface area contributed by atoms with E-state index in [4.69, 9.17) is 5.41 Å². The number of methoxy groups -OCH3 is 1. The van der Waals surface area contributed by atoms with Crippen LogP contribution in [0.3, 0.4) is 0 Å². The molecule has 0 atom stereocenters. The molecular weight excluding hydrogens is 258 g/mol. The van der Waals surface area contributed by atoms with Crippen LogP contribution in [0.15, 0.2) is 40.9 Å². The summed E-state index contributed by atoms with van der Waals surface area (Å²) in [5.41, 5.74) is -2.88. The van der Waals surface area contributed by atoms with E-state index in [0.717, 1.165) is 7.11 Å². The molecule has 0 saturated heterocycles. The largest absolute Gasteiger partial charge is 0.739 e. The van der Waals surface area contributed by atoms with E-state index in [0.29, 0.717) is 0 Å². The maximum Gasteiger partial charge on any atom is 0.519 e. The minimum atomic E-state index is -2.72. The van der Waals surface area contributed by atoms with E-state index in [-0.39, 0.29) is 5.56 Å². The average Bonchev–Trinajstić information content (AvgIpc) is 2.47. The van der Waals surface area contributed by atoms with Gasteiger partial charge in [-0.1, -0.05) is 18.2 Å². The van der Waals surface area contributed by atoms with Gasteiger partial charge in [0.2, 0.25) is 0 Å². The Kier molecular flexibility index (Phi) is 4.19. The number of hydroxylamine groups is 2. The first-order chi connectivity index (χ1) is 9.05. The van der Waals surface area contributed by atoms with Crippen molar-refractivity contribution in [1.82, 2.24) is 0 Å². The molecule has 1 aromatic carbocycles. The van der Waals surface area contributed by atoms with Gasteiger partial charge in [0, 0.05) is 0 Å². The van der Waals surface area contributed by atoms with Gasteiger partial charge in [0.05, 0.1) is 7.11 Å². The molecule has 0 aliphatic carbocycles. The van der Waals surface area contributed by atoms with Crippen LogP contribution in [0.2, 0.25) is 0 Å². The van der Waals surface area contributed by atoms with Gasteiger partial charge in [0.25, 0.3) is 0 Å². The molecule has 0 bridgehead atoms. The number of nitrogens with one attached hydrogen (secondary N) is 1. The number of rotatable bonds is 4. The van der Waals surface area contributed by atoms with Crippen LogP contribution in [0.25, 0.3) is 0 Å². The molecule has 1 rings (SSSR count). The fraction of sp³-hybridized carbons (Fsp3) is 0.222. The highest BCUT2D eigenvalue weighted by atomic mass is 16.6. The Morgan fingerprint density at radius 3 is 2.00 bits per heavy atom. The smallest absolute Gasteiger partial charge is 0.519 e. The molecule has 0 saturated carbocycles. The lowest BCUT2D eigenvalue weighted by atomic mass is 10.0. The van der Waals surface area contributed by atoms with E-state index in [9.17, 15) is 20.8 Å². The van der Waals surface area contributed by atoms with Crippen molar-refractivity contribution in [2.75, 3.05) is 7.11 Å². The van der Waals surface area contributed by atoms with Gasteiger partial charge in [-0.15, -0.1) is 0 Å². The molecular formula is C9H9N5O5-2. The normalized spacial score (nSPS) is 13.1. The van der Waals surface area contributed by atoms with Crippen LogP contribution in [0, 0.1) is 26.2 Å². The van der Waals surface area contributed by atoms with Crippen LogP contribution in [0.1, 0.15) is 5.56 Å². The second-order valence-corrected chi connectivity index (χ2v) is 3.28. The lowest BCUT2D eigenvalue weighted by Crippen LogP contribution is -2.51. The number of hydrogen-bond acceptors (Lipinski definition) is 8. The molecule has 0 radical (unpaired) electrons. The topological polar surface area (TPSA) is 156 Å². The monoisotopic (exact) mass is 267 g/mol. The lowest BCUT2D eigenvalue weighted by Gasteiger charge is -2.25. The summed E-state index contributed by atoms with van der Waals surface area (Å²) >= 11 is 0. The Morgan fingerprint density at radius 2 is 1.63 bits per heavy atom. The summed E-state index contributed by atoms with van der Waals surface area (Å²) in [6, 6.07) is 6.94. The number of hydrogen-bond donors (Lipinski definition) is 1. The second-order valence-electron chi connectivity index (χ2n) is 3.28. The van der Waals surface area contributed by atoms with Gasteiger partial charge in [-0.3, -0.25) is 5.41 Å². The quantitative estimate of drug-likeness (QED) is 0.218. The van der Waals surface area contributed by atoms with Crippen molar-refractivity contribution >= 4 is 5.90 Å². The van der Waals surface area contributed by atoms with Crippen LogP contribution in [-0.2, 0) is 10.4 Å². The predicted octanol–water partition coefficient (Wildman–Crippen LogP) is 1.38. The van der Waals surface area contributed by atoms with Crippen molar-refractivity contribution in [3.8, 4) is 0 Å². The van der Waals surface area contributed by atoms with E-state index in [1.807, 2.05) is 10.6 Å². The number of nitrogens with zero attached hydrogens (tertiary/aromatic N) is 4. The highest BCUT2D eigenvalue weighted by Crippen LogP contribution is 2.28. The van der Waals surface area contributed by atoms with E-state index in [1.54, 1.807) is 6.07 Å². The lowest BCUT2D eigenvalue weighted by molar-refractivity contribution is -0.821. The summed E-state index contributed by atoms with van der Waals surface area (Å²) < 4.78 is 4.52. The molecule has 0 aliphatic heterocycles. The Bertz CT molecular complexity index is 497. The maximum atomic E-state index is 11.6. The molecule has 0 unspecified atom stereocenters. The average molecular weight is 267 g/mol. The Balaban J connectivity index is 3.68. The van der Waals surface area contributed by atoms with Crippen molar-refractivity contribution in [2.24, 2.45) is 10.6 Å². The molecule has 0 spiro atoms. The van der Waals surface area contributed by atoms with Crippen molar-refractivity contribution in [3.05, 3.63) is 56.7 Å². The van der Waals surface area contributed by atoms with E-state index in [2.05, 4.69) is 4.74 Å².